The normalized spacial score (nSPS) is 11.0. The number of nitrogens with two attached hydrogens (primary N) is 1. The van der Waals surface area contributed by atoms with E-state index in [4.69, 9.17) is 10.7 Å². The number of benzene rings is 1. The number of imidazole rings is 1. The third-order valence-electron chi connectivity index (χ3n) is 3.59. The number of hydrogen-bond acceptors (Lipinski definition) is 2. The smallest absolute Gasteiger partial charge is 0.110 e. The third kappa shape index (κ3) is 3.04. The summed E-state index contributed by atoms with van der Waals surface area (Å²) in [4.78, 5) is 4.74. The Hall–Kier alpha value is -1.61. The molecule has 0 amide bonds. The van der Waals surface area contributed by atoms with E-state index in [1.807, 2.05) is 0 Å². The first-order valence-corrected chi connectivity index (χ1v) is 6.79. The lowest BCUT2D eigenvalue weighted by molar-refractivity contribution is 0.761. The third-order valence-corrected chi connectivity index (χ3v) is 3.59. The summed E-state index contributed by atoms with van der Waals surface area (Å²) < 4.78 is 2.16. The summed E-state index contributed by atoms with van der Waals surface area (Å²) in [6, 6.07) is 6.68. The van der Waals surface area contributed by atoms with Crippen LogP contribution in [0.2, 0.25) is 0 Å². The fraction of sp³-hybridized carbons (Fsp3) is 0.438. The molecule has 2 rings (SSSR count). The minimum absolute atomic E-state index is 0.646. The highest BCUT2D eigenvalue weighted by atomic mass is 15.1. The van der Waals surface area contributed by atoms with Crippen LogP contribution in [0, 0.1) is 20.8 Å². The fourth-order valence-electron chi connectivity index (χ4n) is 2.58. The van der Waals surface area contributed by atoms with Gasteiger partial charge in [-0.1, -0.05) is 29.3 Å². The van der Waals surface area contributed by atoms with Crippen molar-refractivity contribution in [2.45, 2.75) is 33.6 Å². The summed E-state index contributed by atoms with van der Waals surface area (Å²) in [5.74, 6) is 1.08. The number of nitrogens with zero attached hydrogens (tertiary/aromatic N) is 2. The zero-order chi connectivity index (χ0) is 14.0. The van der Waals surface area contributed by atoms with Crippen molar-refractivity contribution in [3.63, 3.8) is 0 Å². The van der Waals surface area contributed by atoms with Crippen LogP contribution in [0.5, 0.6) is 0 Å². The molecule has 3 nitrogen and oxygen atoms in total. The molecule has 0 aliphatic carbocycles. The molecule has 0 saturated heterocycles. The van der Waals surface area contributed by atoms with Gasteiger partial charge in [0.25, 0.3) is 0 Å². The summed E-state index contributed by atoms with van der Waals surface area (Å²) in [6.07, 6.45) is 1.73. The maximum Gasteiger partial charge on any atom is 0.110 e. The average molecular weight is 257 g/mol. The van der Waals surface area contributed by atoms with Gasteiger partial charge < -0.3 is 10.3 Å². The minimum atomic E-state index is 0.646. The van der Waals surface area contributed by atoms with Gasteiger partial charge >= 0.3 is 0 Å². The van der Waals surface area contributed by atoms with Crippen molar-refractivity contribution in [1.82, 2.24) is 9.55 Å². The molecule has 102 valence electrons. The predicted octanol–water partition coefficient (Wildman–Crippen LogP) is 2.44. The zero-order valence-corrected chi connectivity index (χ0v) is 12.3. The molecule has 1 heterocycles. The lowest BCUT2D eigenvalue weighted by Crippen LogP contribution is -2.08. The number of hydrogen-bond donors (Lipinski definition) is 1. The number of aromatic nitrogens is 2. The molecule has 1 aromatic heterocycles. The van der Waals surface area contributed by atoms with Gasteiger partial charge in [-0.3, -0.25) is 0 Å². The topological polar surface area (TPSA) is 43.8 Å². The van der Waals surface area contributed by atoms with E-state index in [2.05, 4.69) is 50.6 Å². The van der Waals surface area contributed by atoms with E-state index in [0.29, 0.717) is 6.54 Å². The van der Waals surface area contributed by atoms with Crippen molar-refractivity contribution in [1.29, 1.82) is 0 Å². The van der Waals surface area contributed by atoms with Gasteiger partial charge in [-0.2, -0.15) is 0 Å². The SMILES string of the molecule is Cc1cc(C)cc(Cc2nc(CCN)n(C)c2C)c1. The minimum Gasteiger partial charge on any atom is -0.335 e. The molecule has 1 aromatic carbocycles. The lowest BCUT2D eigenvalue weighted by Gasteiger charge is -2.04. The molecule has 0 atom stereocenters. The summed E-state index contributed by atoms with van der Waals surface area (Å²) in [6.45, 7) is 7.06. The number of rotatable bonds is 4. The Morgan fingerprint density at radius 1 is 1.11 bits per heavy atom. The van der Waals surface area contributed by atoms with Crippen molar-refractivity contribution < 1.29 is 0 Å². The van der Waals surface area contributed by atoms with E-state index in [1.165, 1.54) is 22.4 Å². The molecule has 0 saturated carbocycles. The molecule has 0 aliphatic heterocycles. The number of aryl methyl sites for hydroxylation is 2. The van der Waals surface area contributed by atoms with Crippen molar-refractivity contribution in [2.75, 3.05) is 6.54 Å². The van der Waals surface area contributed by atoms with Crippen LogP contribution in [0.1, 0.15) is 33.9 Å². The Bertz CT molecular complexity index is 562. The zero-order valence-electron chi connectivity index (χ0n) is 12.3. The first kappa shape index (κ1) is 13.8. The van der Waals surface area contributed by atoms with Gasteiger partial charge in [0.05, 0.1) is 5.69 Å². The molecule has 2 N–H and O–H groups in total. The molecule has 0 radical (unpaired) electrons. The van der Waals surface area contributed by atoms with Gasteiger partial charge in [0.1, 0.15) is 5.82 Å². The van der Waals surface area contributed by atoms with Crippen LogP contribution < -0.4 is 5.73 Å². The Kier molecular flexibility index (Phi) is 4.05. The molecule has 19 heavy (non-hydrogen) atoms. The van der Waals surface area contributed by atoms with Gasteiger partial charge in [-0.15, -0.1) is 0 Å². The van der Waals surface area contributed by atoms with Crippen LogP contribution in [0.4, 0.5) is 0 Å². The van der Waals surface area contributed by atoms with Crippen LogP contribution in [0.3, 0.4) is 0 Å². The summed E-state index contributed by atoms with van der Waals surface area (Å²) in [5, 5.41) is 0. The first-order valence-electron chi connectivity index (χ1n) is 6.79. The van der Waals surface area contributed by atoms with Crippen molar-refractivity contribution in [3.05, 3.63) is 52.1 Å². The van der Waals surface area contributed by atoms with E-state index in [1.54, 1.807) is 0 Å². The van der Waals surface area contributed by atoms with E-state index in [9.17, 15) is 0 Å². The molecule has 0 aliphatic rings. The highest BCUT2D eigenvalue weighted by molar-refractivity contribution is 5.32. The molecular weight excluding hydrogens is 234 g/mol. The quantitative estimate of drug-likeness (QED) is 0.914. The molecule has 3 heteroatoms. The van der Waals surface area contributed by atoms with Crippen LogP contribution in [-0.4, -0.2) is 16.1 Å². The van der Waals surface area contributed by atoms with Crippen LogP contribution >= 0.6 is 0 Å². The summed E-state index contributed by atoms with van der Waals surface area (Å²) in [7, 11) is 2.07. The molecule has 0 bridgehead atoms. The predicted molar refractivity (Wildman–Crippen MR) is 79.4 cm³/mol. The van der Waals surface area contributed by atoms with Crippen molar-refractivity contribution in [3.8, 4) is 0 Å². The van der Waals surface area contributed by atoms with E-state index < -0.39 is 0 Å². The molecule has 0 unspecified atom stereocenters. The van der Waals surface area contributed by atoms with Crippen LogP contribution in [-0.2, 0) is 19.9 Å². The molecule has 0 spiro atoms. The molecular formula is C16H23N3. The Labute approximate surface area is 115 Å². The molecule has 0 fully saturated rings. The van der Waals surface area contributed by atoms with E-state index >= 15 is 0 Å². The Balaban J connectivity index is 2.30. The largest absolute Gasteiger partial charge is 0.335 e. The second-order valence-electron chi connectivity index (χ2n) is 5.33. The summed E-state index contributed by atoms with van der Waals surface area (Å²) >= 11 is 0. The second-order valence-corrected chi connectivity index (χ2v) is 5.33. The molecule has 2 aromatic rings. The Morgan fingerprint density at radius 3 is 2.32 bits per heavy atom. The maximum absolute atomic E-state index is 5.63. The van der Waals surface area contributed by atoms with Gasteiger partial charge in [0.2, 0.25) is 0 Å². The lowest BCUT2D eigenvalue weighted by atomic mass is 10.0. The highest BCUT2D eigenvalue weighted by Crippen LogP contribution is 2.17. The van der Waals surface area contributed by atoms with Gasteiger partial charge in [0, 0.05) is 25.6 Å². The van der Waals surface area contributed by atoms with Crippen molar-refractivity contribution >= 4 is 0 Å². The standard InChI is InChI=1S/C16H23N3/c1-11-7-12(2)9-14(8-11)10-15-13(3)19(4)16(18-15)5-6-17/h7-9H,5-6,10,17H2,1-4H3. The van der Waals surface area contributed by atoms with Gasteiger partial charge in [-0.25, -0.2) is 4.98 Å². The van der Waals surface area contributed by atoms with Crippen molar-refractivity contribution in [2.24, 2.45) is 12.8 Å². The maximum atomic E-state index is 5.63. The van der Waals surface area contributed by atoms with E-state index in [-0.39, 0.29) is 0 Å². The highest BCUT2D eigenvalue weighted by Gasteiger charge is 2.11. The van der Waals surface area contributed by atoms with Crippen LogP contribution in [0.15, 0.2) is 18.2 Å². The second kappa shape index (κ2) is 5.57. The summed E-state index contributed by atoms with van der Waals surface area (Å²) in [5.41, 5.74) is 12.0. The van der Waals surface area contributed by atoms with Gasteiger partial charge in [0.15, 0.2) is 0 Å². The van der Waals surface area contributed by atoms with Gasteiger partial charge in [-0.05, 0) is 32.9 Å². The van der Waals surface area contributed by atoms with E-state index in [0.717, 1.165) is 24.4 Å². The fourth-order valence-corrected chi connectivity index (χ4v) is 2.58. The van der Waals surface area contributed by atoms with Crippen LogP contribution in [0.25, 0.3) is 0 Å². The first-order chi connectivity index (χ1) is 9.01. The average Bonchev–Trinajstić information content (AvgIpc) is 2.57. The monoisotopic (exact) mass is 257 g/mol. The Morgan fingerprint density at radius 2 is 1.74 bits per heavy atom.